The summed E-state index contributed by atoms with van der Waals surface area (Å²) in [5.74, 6) is -0.166. The first-order valence-electron chi connectivity index (χ1n) is 9.52. The fourth-order valence-electron chi connectivity index (χ4n) is 3.60. The van der Waals surface area contributed by atoms with Crippen LogP contribution in [0.1, 0.15) is 36.2 Å². The number of anilines is 1. The molecule has 27 heavy (non-hydrogen) atoms. The largest absolute Gasteiger partial charge is 0.449 e. The predicted molar refractivity (Wildman–Crippen MR) is 99.8 cm³/mol. The molecule has 1 atom stereocenters. The van der Waals surface area contributed by atoms with Crippen molar-refractivity contribution in [1.29, 1.82) is 0 Å². The van der Waals surface area contributed by atoms with Crippen molar-refractivity contribution >= 4 is 28.5 Å². The summed E-state index contributed by atoms with van der Waals surface area (Å²) in [6, 6.07) is 7.36. The van der Waals surface area contributed by atoms with Gasteiger partial charge >= 0.3 is 0 Å². The number of nitrogens with zero attached hydrogens (tertiary/aromatic N) is 1. The second-order valence-electron chi connectivity index (χ2n) is 6.93. The average Bonchev–Trinajstić information content (AvgIpc) is 3.35. The first kappa shape index (κ1) is 18.0. The Hall–Kier alpha value is -2.38. The summed E-state index contributed by atoms with van der Waals surface area (Å²) in [6.07, 6.45) is 3.26. The van der Waals surface area contributed by atoms with Gasteiger partial charge in [0, 0.05) is 31.5 Å². The Morgan fingerprint density at radius 2 is 1.96 bits per heavy atom. The molecular formula is C20H24N2O5. The molecule has 2 fully saturated rings. The van der Waals surface area contributed by atoms with Crippen molar-refractivity contribution in [3.63, 3.8) is 0 Å². The van der Waals surface area contributed by atoms with Gasteiger partial charge in [0.15, 0.2) is 0 Å². The molecule has 2 aliphatic rings. The maximum Gasteiger partial charge on any atom is 0.291 e. The predicted octanol–water partition coefficient (Wildman–Crippen LogP) is 2.80. The maximum absolute atomic E-state index is 12.9. The zero-order valence-corrected chi connectivity index (χ0v) is 15.2. The zero-order chi connectivity index (χ0) is 18.6. The van der Waals surface area contributed by atoms with Crippen LogP contribution in [0.4, 0.5) is 5.69 Å². The maximum atomic E-state index is 12.9. The number of morpholine rings is 1. The van der Waals surface area contributed by atoms with E-state index in [9.17, 15) is 9.59 Å². The molecule has 7 nitrogen and oxygen atoms in total. The zero-order valence-electron chi connectivity index (χ0n) is 15.2. The monoisotopic (exact) mass is 372 g/mol. The van der Waals surface area contributed by atoms with Crippen molar-refractivity contribution < 1.29 is 23.5 Å². The number of furan rings is 1. The van der Waals surface area contributed by atoms with Crippen LogP contribution in [-0.4, -0.2) is 55.7 Å². The van der Waals surface area contributed by atoms with Gasteiger partial charge in [-0.05, 0) is 31.4 Å². The Morgan fingerprint density at radius 3 is 2.74 bits per heavy atom. The molecule has 0 saturated carbocycles. The van der Waals surface area contributed by atoms with Crippen molar-refractivity contribution in [1.82, 2.24) is 4.90 Å². The Bertz CT molecular complexity index is 819. The lowest BCUT2D eigenvalue weighted by Gasteiger charge is -2.26. The molecule has 0 spiro atoms. The molecule has 3 heterocycles. The number of ether oxygens (including phenoxy) is 2. The van der Waals surface area contributed by atoms with Crippen molar-refractivity contribution in [2.45, 2.75) is 31.8 Å². The number of rotatable bonds is 5. The number of hydrogen-bond acceptors (Lipinski definition) is 5. The summed E-state index contributed by atoms with van der Waals surface area (Å²) < 4.78 is 16.7. The normalized spacial score (nSPS) is 20.1. The Morgan fingerprint density at radius 1 is 1.15 bits per heavy atom. The molecule has 4 rings (SSSR count). The first-order chi connectivity index (χ1) is 13.2. The molecule has 2 aliphatic heterocycles. The van der Waals surface area contributed by atoms with E-state index >= 15 is 0 Å². The molecule has 1 N–H and O–H groups in total. The van der Waals surface area contributed by atoms with Gasteiger partial charge in [-0.15, -0.1) is 0 Å². The number of benzene rings is 1. The third-order valence-corrected chi connectivity index (χ3v) is 5.07. The topological polar surface area (TPSA) is 81.0 Å². The highest BCUT2D eigenvalue weighted by Gasteiger charge is 2.27. The van der Waals surface area contributed by atoms with Gasteiger partial charge in [0.1, 0.15) is 11.3 Å². The third-order valence-electron chi connectivity index (χ3n) is 5.07. The van der Waals surface area contributed by atoms with Crippen LogP contribution in [0.3, 0.4) is 0 Å². The number of para-hydroxylation sites is 1. The highest BCUT2D eigenvalue weighted by atomic mass is 16.5. The van der Waals surface area contributed by atoms with E-state index < -0.39 is 0 Å². The van der Waals surface area contributed by atoms with E-state index in [-0.39, 0.29) is 23.7 Å². The van der Waals surface area contributed by atoms with Gasteiger partial charge in [-0.25, -0.2) is 0 Å². The van der Waals surface area contributed by atoms with Crippen LogP contribution in [-0.2, 0) is 14.3 Å². The lowest BCUT2D eigenvalue weighted by atomic mass is 10.1. The van der Waals surface area contributed by atoms with Gasteiger partial charge in [0.25, 0.3) is 5.91 Å². The molecule has 2 amide bonds. The van der Waals surface area contributed by atoms with Gasteiger partial charge < -0.3 is 24.1 Å². The summed E-state index contributed by atoms with van der Waals surface area (Å²) >= 11 is 0. The minimum atomic E-state index is -0.219. The first-order valence-corrected chi connectivity index (χ1v) is 9.52. The average molecular weight is 372 g/mol. The molecule has 144 valence electrons. The van der Waals surface area contributed by atoms with E-state index in [0.29, 0.717) is 50.4 Å². The van der Waals surface area contributed by atoms with E-state index in [1.54, 1.807) is 11.0 Å². The highest BCUT2D eigenvalue weighted by molar-refractivity contribution is 6.10. The molecular weight excluding hydrogens is 348 g/mol. The highest BCUT2D eigenvalue weighted by Crippen LogP contribution is 2.32. The molecule has 0 aliphatic carbocycles. The van der Waals surface area contributed by atoms with Crippen LogP contribution in [0.25, 0.3) is 11.0 Å². The number of nitrogens with one attached hydrogen (secondary N) is 1. The summed E-state index contributed by atoms with van der Waals surface area (Å²) in [6.45, 7) is 2.82. The van der Waals surface area contributed by atoms with Crippen LogP contribution in [0.2, 0.25) is 0 Å². The van der Waals surface area contributed by atoms with E-state index in [1.807, 2.05) is 18.2 Å². The summed E-state index contributed by atoms with van der Waals surface area (Å²) in [7, 11) is 0. The van der Waals surface area contributed by atoms with E-state index in [1.165, 1.54) is 0 Å². The standard InChI is InChI=1S/C20H24N2O5/c23-17(8-7-14-4-3-11-26-14)21-18-15-5-1-2-6-16(15)27-19(18)20(24)22-9-12-25-13-10-22/h1-2,5-6,14H,3-4,7-13H2,(H,21,23). The summed E-state index contributed by atoms with van der Waals surface area (Å²) in [4.78, 5) is 27.2. The fourth-order valence-corrected chi connectivity index (χ4v) is 3.60. The van der Waals surface area contributed by atoms with Crippen LogP contribution in [0.15, 0.2) is 28.7 Å². The number of fused-ring (bicyclic) bond motifs is 1. The van der Waals surface area contributed by atoms with Gasteiger partial charge in [-0.2, -0.15) is 0 Å². The molecule has 1 unspecified atom stereocenters. The molecule has 2 aromatic rings. The molecule has 2 saturated heterocycles. The van der Waals surface area contributed by atoms with Crippen LogP contribution in [0, 0.1) is 0 Å². The van der Waals surface area contributed by atoms with Gasteiger partial charge in [0.2, 0.25) is 11.7 Å². The second-order valence-corrected chi connectivity index (χ2v) is 6.93. The van der Waals surface area contributed by atoms with Gasteiger partial charge in [0.05, 0.1) is 19.3 Å². The lowest BCUT2D eigenvalue weighted by molar-refractivity contribution is -0.116. The summed E-state index contributed by atoms with van der Waals surface area (Å²) in [5, 5.41) is 3.65. The van der Waals surface area contributed by atoms with Crippen molar-refractivity contribution in [2.75, 3.05) is 38.2 Å². The molecule has 1 aromatic carbocycles. The van der Waals surface area contributed by atoms with Crippen LogP contribution >= 0.6 is 0 Å². The number of carbonyl (C=O) groups is 2. The van der Waals surface area contributed by atoms with Crippen LogP contribution in [0.5, 0.6) is 0 Å². The van der Waals surface area contributed by atoms with E-state index in [0.717, 1.165) is 24.8 Å². The van der Waals surface area contributed by atoms with Crippen LogP contribution < -0.4 is 5.32 Å². The quantitative estimate of drug-likeness (QED) is 0.873. The fraction of sp³-hybridized carbons (Fsp3) is 0.500. The van der Waals surface area contributed by atoms with E-state index in [4.69, 9.17) is 13.9 Å². The van der Waals surface area contributed by atoms with Crippen molar-refractivity contribution in [3.05, 3.63) is 30.0 Å². The number of hydrogen-bond donors (Lipinski definition) is 1. The molecule has 1 aromatic heterocycles. The SMILES string of the molecule is O=C(CCC1CCCO1)Nc1c(C(=O)N2CCOCC2)oc2ccccc12. The van der Waals surface area contributed by atoms with Gasteiger partial charge in [-0.3, -0.25) is 9.59 Å². The lowest BCUT2D eigenvalue weighted by Crippen LogP contribution is -2.40. The Balaban J connectivity index is 1.54. The van der Waals surface area contributed by atoms with Gasteiger partial charge in [-0.1, -0.05) is 12.1 Å². The number of amides is 2. The Kier molecular flexibility index (Phi) is 5.40. The molecule has 7 heteroatoms. The third kappa shape index (κ3) is 3.99. The number of carbonyl (C=O) groups excluding carboxylic acids is 2. The smallest absolute Gasteiger partial charge is 0.291 e. The van der Waals surface area contributed by atoms with Crippen molar-refractivity contribution in [3.8, 4) is 0 Å². The second kappa shape index (κ2) is 8.10. The summed E-state index contributed by atoms with van der Waals surface area (Å²) in [5.41, 5.74) is 1.04. The minimum Gasteiger partial charge on any atom is -0.449 e. The van der Waals surface area contributed by atoms with E-state index in [2.05, 4.69) is 5.32 Å². The molecule has 0 radical (unpaired) electrons. The molecule has 0 bridgehead atoms. The minimum absolute atomic E-state index is 0.131. The Labute approximate surface area is 157 Å². The van der Waals surface area contributed by atoms with Crippen molar-refractivity contribution in [2.24, 2.45) is 0 Å².